The Kier molecular flexibility index (Phi) is 5.18. The maximum atomic E-state index is 11.9. The zero-order chi connectivity index (χ0) is 16.8. The molecule has 3 aromatic rings. The molecule has 2 N–H and O–H groups in total. The van der Waals surface area contributed by atoms with E-state index >= 15 is 0 Å². The summed E-state index contributed by atoms with van der Waals surface area (Å²) in [6.45, 7) is 3.12. The molecule has 0 radical (unpaired) electrons. The van der Waals surface area contributed by atoms with Gasteiger partial charge in [-0.05, 0) is 24.6 Å². The van der Waals surface area contributed by atoms with Gasteiger partial charge in [-0.3, -0.25) is 4.79 Å². The Morgan fingerprint density at radius 2 is 1.96 bits per heavy atom. The number of anilines is 1. The van der Waals surface area contributed by atoms with E-state index in [1.165, 1.54) is 11.5 Å². The second kappa shape index (κ2) is 7.70. The van der Waals surface area contributed by atoms with Crippen LogP contribution in [0.3, 0.4) is 0 Å². The number of carbonyl (C=O) groups excluding carboxylic acids is 1. The van der Waals surface area contributed by atoms with Crippen LogP contribution in [0, 0.1) is 0 Å². The van der Waals surface area contributed by atoms with Crippen molar-refractivity contribution in [2.45, 2.75) is 13.5 Å². The van der Waals surface area contributed by atoms with Crippen molar-refractivity contribution in [1.29, 1.82) is 0 Å². The van der Waals surface area contributed by atoms with Crippen molar-refractivity contribution in [2.75, 3.05) is 11.9 Å². The fraction of sp³-hybridized carbons (Fsp3) is 0.167. The highest BCUT2D eigenvalue weighted by molar-refractivity contribution is 7.09. The molecule has 0 saturated carbocycles. The molecule has 0 saturated heterocycles. The molecular weight excluding hydrogens is 320 g/mol. The number of rotatable bonds is 6. The third kappa shape index (κ3) is 3.97. The number of nitrogens with zero attached hydrogens (tertiary/aromatic N) is 2. The van der Waals surface area contributed by atoms with Crippen LogP contribution in [0.15, 0.2) is 54.6 Å². The lowest BCUT2D eigenvalue weighted by Crippen LogP contribution is -2.22. The molecule has 0 aliphatic rings. The monoisotopic (exact) mass is 338 g/mol. The fourth-order valence-electron chi connectivity index (χ4n) is 2.26. The van der Waals surface area contributed by atoms with E-state index in [2.05, 4.69) is 20.0 Å². The first-order valence-corrected chi connectivity index (χ1v) is 8.53. The van der Waals surface area contributed by atoms with Crippen molar-refractivity contribution < 1.29 is 4.79 Å². The number of hydrogen-bond donors (Lipinski definition) is 2. The van der Waals surface area contributed by atoms with E-state index in [1.54, 1.807) is 0 Å². The molecule has 0 atom stereocenters. The molecule has 3 rings (SSSR count). The van der Waals surface area contributed by atoms with Crippen LogP contribution in [0.4, 0.5) is 5.13 Å². The maximum Gasteiger partial charge on any atom is 0.251 e. The minimum Gasteiger partial charge on any atom is -0.356 e. The molecule has 122 valence electrons. The molecule has 1 aromatic heterocycles. The highest BCUT2D eigenvalue weighted by Crippen LogP contribution is 2.21. The van der Waals surface area contributed by atoms with Crippen LogP contribution in [0.1, 0.15) is 22.8 Å². The van der Waals surface area contributed by atoms with E-state index in [9.17, 15) is 4.79 Å². The molecule has 0 aliphatic carbocycles. The number of hydrogen-bond acceptors (Lipinski definition) is 5. The van der Waals surface area contributed by atoms with Gasteiger partial charge in [-0.25, -0.2) is 0 Å². The topological polar surface area (TPSA) is 66.9 Å². The molecule has 5 nitrogen and oxygen atoms in total. The van der Waals surface area contributed by atoms with Crippen molar-refractivity contribution in [3.8, 4) is 11.4 Å². The summed E-state index contributed by atoms with van der Waals surface area (Å²) in [7, 11) is 0. The van der Waals surface area contributed by atoms with Crippen LogP contribution in [0.5, 0.6) is 0 Å². The second-order valence-electron chi connectivity index (χ2n) is 5.20. The Morgan fingerprint density at radius 3 is 2.75 bits per heavy atom. The SMILES string of the molecule is CCNC(=O)c1cccc(CNc2nc(-c3ccccc3)ns2)c1. The van der Waals surface area contributed by atoms with Gasteiger partial charge in [0.25, 0.3) is 5.91 Å². The standard InChI is InChI=1S/C18H18N4OS/c1-2-19-17(23)15-10-6-7-13(11-15)12-20-18-21-16(22-24-18)14-8-4-3-5-9-14/h3-11H,2,12H2,1H3,(H,19,23)(H,20,21,22). The molecular formula is C18H18N4OS. The lowest BCUT2D eigenvalue weighted by molar-refractivity contribution is 0.0955. The van der Waals surface area contributed by atoms with Crippen LogP contribution in [-0.4, -0.2) is 21.8 Å². The van der Waals surface area contributed by atoms with Crippen molar-refractivity contribution in [1.82, 2.24) is 14.7 Å². The van der Waals surface area contributed by atoms with Gasteiger partial charge in [-0.1, -0.05) is 42.5 Å². The second-order valence-corrected chi connectivity index (χ2v) is 5.95. The van der Waals surface area contributed by atoms with Gasteiger partial charge in [0, 0.05) is 35.7 Å². The predicted octanol–water partition coefficient (Wildman–Crippen LogP) is 3.57. The highest BCUT2D eigenvalue weighted by atomic mass is 32.1. The minimum absolute atomic E-state index is 0.0540. The molecule has 6 heteroatoms. The van der Waals surface area contributed by atoms with Gasteiger partial charge >= 0.3 is 0 Å². The maximum absolute atomic E-state index is 11.9. The van der Waals surface area contributed by atoms with Crippen LogP contribution >= 0.6 is 11.5 Å². The molecule has 0 fully saturated rings. The summed E-state index contributed by atoms with van der Waals surface area (Å²) >= 11 is 1.33. The van der Waals surface area contributed by atoms with Gasteiger partial charge in [0.05, 0.1) is 0 Å². The molecule has 0 bridgehead atoms. The zero-order valence-corrected chi connectivity index (χ0v) is 14.1. The molecule has 1 amide bonds. The van der Waals surface area contributed by atoms with Crippen molar-refractivity contribution >= 4 is 22.6 Å². The van der Waals surface area contributed by atoms with Gasteiger partial charge < -0.3 is 10.6 Å². The van der Waals surface area contributed by atoms with E-state index in [-0.39, 0.29) is 5.91 Å². The number of nitrogens with one attached hydrogen (secondary N) is 2. The van der Waals surface area contributed by atoms with Crippen LogP contribution < -0.4 is 10.6 Å². The molecule has 24 heavy (non-hydrogen) atoms. The largest absolute Gasteiger partial charge is 0.356 e. The Bertz CT molecular complexity index is 817. The highest BCUT2D eigenvalue weighted by Gasteiger charge is 2.07. The first-order chi connectivity index (χ1) is 11.8. The van der Waals surface area contributed by atoms with Crippen molar-refractivity contribution in [2.24, 2.45) is 0 Å². The van der Waals surface area contributed by atoms with Crippen LogP contribution in [0.25, 0.3) is 11.4 Å². The Morgan fingerprint density at radius 1 is 1.12 bits per heavy atom. The smallest absolute Gasteiger partial charge is 0.251 e. The predicted molar refractivity (Wildman–Crippen MR) is 97.1 cm³/mol. The van der Waals surface area contributed by atoms with Crippen molar-refractivity contribution in [3.63, 3.8) is 0 Å². The molecule has 0 aliphatic heterocycles. The summed E-state index contributed by atoms with van der Waals surface area (Å²) in [6, 6.07) is 17.4. The summed E-state index contributed by atoms with van der Waals surface area (Å²) in [6.07, 6.45) is 0. The average molecular weight is 338 g/mol. The van der Waals surface area contributed by atoms with Gasteiger partial charge in [0.15, 0.2) is 5.82 Å². The average Bonchev–Trinajstić information content (AvgIpc) is 3.10. The summed E-state index contributed by atoms with van der Waals surface area (Å²) in [5, 5.41) is 6.83. The summed E-state index contributed by atoms with van der Waals surface area (Å²) in [4.78, 5) is 16.4. The van der Waals surface area contributed by atoms with E-state index in [1.807, 2.05) is 61.5 Å². The third-order valence-corrected chi connectivity index (χ3v) is 4.10. The van der Waals surface area contributed by atoms with Gasteiger partial charge in [-0.15, -0.1) is 0 Å². The quantitative estimate of drug-likeness (QED) is 0.721. The lowest BCUT2D eigenvalue weighted by atomic mass is 10.1. The molecule has 2 aromatic carbocycles. The molecule has 0 spiro atoms. The van der Waals surface area contributed by atoms with E-state index in [0.29, 0.717) is 18.7 Å². The lowest BCUT2D eigenvalue weighted by Gasteiger charge is -2.06. The first kappa shape index (κ1) is 16.1. The van der Waals surface area contributed by atoms with E-state index < -0.39 is 0 Å². The summed E-state index contributed by atoms with van der Waals surface area (Å²) in [5.74, 6) is 0.667. The first-order valence-electron chi connectivity index (χ1n) is 7.76. The summed E-state index contributed by atoms with van der Waals surface area (Å²) in [5.41, 5.74) is 2.69. The Balaban J connectivity index is 1.65. The molecule has 1 heterocycles. The Hall–Kier alpha value is -2.73. The number of benzene rings is 2. The van der Waals surface area contributed by atoms with E-state index in [0.717, 1.165) is 22.1 Å². The third-order valence-electron chi connectivity index (χ3n) is 3.43. The van der Waals surface area contributed by atoms with Gasteiger partial charge in [0.2, 0.25) is 5.13 Å². The van der Waals surface area contributed by atoms with Gasteiger partial charge in [0.1, 0.15) is 0 Å². The number of amides is 1. The van der Waals surface area contributed by atoms with Crippen LogP contribution in [0.2, 0.25) is 0 Å². The molecule has 0 unspecified atom stereocenters. The number of aromatic nitrogens is 2. The van der Waals surface area contributed by atoms with Crippen LogP contribution in [-0.2, 0) is 6.54 Å². The Labute approximate surface area is 144 Å². The van der Waals surface area contributed by atoms with E-state index in [4.69, 9.17) is 0 Å². The number of carbonyl (C=O) groups is 1. The zero-order valence-electron chi connectivity index (χ0n) is 13.3. The minimum atomic E-state index is -0.0540. The summed E-state index contributed by atoms with van der Waals surface area (Å²) < 4.78 is 4.37. The van der Waals surface area contributed by atoms with Gasteiger partial charge in [-0.2, -0.15) is 9.36 Å². The fourth-order valence-corrected chi connectivity index (χ4v) is 2.85. The normalized spacial score (nSPS) is 10.4. The van der Waals surface area contributed by atoms with Crippen molar-refractivity contribution in [3.05, 3.63) is 65.7 Å².